The van der Waals surface area contributed by atoms with Crippen molar-refractivity contribution in [2.75, 3.05) is 5.32 Å². The fourth-order valence-corrected chi connectivity index (χ4v) is 2.38. The van der Waals surface area contributed by atoms with E-state index in [0.717, 1.165) is 12.1 Å². The molecule has 2 rings (SSSR count). The van der Waals surface area contributed by atoms with E-state index in [1.807, 2.05) is 0 Å². The highest BCUT2D eigenvalue weighted by molar-refractivity contribution is 7.89. The third-order valence-corrected chi connectivity index (χ3v) is 3.61. The Kier molecular flexibility index (Phi) is 4.01. The topological polar surface area (TPSA) is 89.3 Å². The van der Waals surface area contributed by atoms with Crippen molar-refractivity contribution in [3.8, 4) is 0 Å². The van der Waals surface area contributed by atoms with Crippen molar-refractivity contribution in [2.24, 2.45) is 5.14 Å². The molecule has 3 N–H and O–H groups in total. The number of nitrogens with two attached hydrogens (primary N) is 1. The zero-order chi connectivity index (χ0) is 15.6. The van der Waals surface area contributed by atoms with Crippen molar-refractivity contribution < 1.29 is 22.0 Å². The van der Waals surface area contributed by atoms with Crippen LogP contribution < -0.4 is 10.5 Å². The maximum absolute atomic E-state index is 13.5. The van der Waals surface area contributed by atoms with Gasteiger partial charge in [0.05, 0.1) is 11.3 Å². The molecule has 2 aromatic carbocycles. The molecule has 0 saturated carbocycles. The van der Waals surface area contributed by atoms with Crippen LogP contribution in [0.2, 0.25) is 0 Å². The van der Waals surface area contributed by atoms with Crippen LogP contribution in [0.5, 0.6) is 0 Å². The van der Waals surface area contributed by atoms with Gasteiger partial charge in [0, 0.05) is 0 Å². The second-order valence-electron chi connectivity index (χ2n) is 4.10. The lowest BCUT2D eigenvalue weighted by Crippen LogP contribution is -2.19. The van der Waals surface area contributed by atoms with Crippen LogP contribution in [0.15, 0.2) is 47.4 Å². The van der Waals surface area contributed by atoms with Gasteiger partial charge in [-0.2, -0.15) is 0 Å². The van der Waals surface area contributed by atoms with Crippen molar-refractivity contribution in [1.29, 1.82) is 0 Å². The summed E-state index contributed by atoms with van der Waals surface area (Å²) in [5, 5.41) is 7.21. The van der Waals surface area contributed by atoms with E-state index in [9.17, 15) is 22.0 Å². The molecule has 5 nitrogen and oxygen atoms in total. The molecule has 0 atom stereocenters. The number of nitrogens with one attached hydrogen (secondary N) is 1. The number of anilines is 1. The molecule has 0 spiro atoms. The summed E-state index contributed by atoms with van der Waals surface area (Å²) in [4.78, 5) is 11.6. The van der Waals surface area contributed by atoms with E-state index in [-0.39, 0.29) is 10.6 Å². The number of hydrogen-bond donors (Lipinski definition) is 2. The molecule has 21 heavy (non-hydrogen) atoms. The SMILES string of the molecule is NS(=O)(=O)c1ccccc1NC(=O)c1cccc(F)c1F. The number of primary sulfonamides is 1. The molecule has 0 radical (unpaired) electrons. The van der Waals surface area contributed by atoms with E-state index >= 15 is 0 Å². The van der Waals surface area contributed by atoms with Crippen LogP contribution in [0, 0.1) is 11.6 Å². The smallest absolute Gasteiger partial charge is 0.258 e. The zero-order valence-corrected chi connectivity index (χ0v) is 11.3. The van der Waals surface area contributed by atoms with Crippen molar-refractivity contribution in [2.45, 2.75) is 4.90 Å². The molecule has 110 valence electrons. The van der Waals surface area contributed by atoms with E-state index in [4.69, 9.17) is 5.14 Å². The number of carbonyl (C=O) groups is 1. The van der Waals surface area contributed by atoms with Gasteiger partial charge in [-0.3, -0.25) is 4.79 Å². The van der Waals surface area contributed by atoms with Gasteiger partial charge in [0.25, 0.3) is 5.91 Å². The molecule has 0 fully saturated rings. The summed E-state index contributed by atoms with van der Waals surface area (Å²) in [6, 6.07) is 8.46. The van der Waals surface area contributed by atoms with E-state index in [0.29, 0.717) is 0 Å². The largest absolute Gasteiger partial charge is 0.321 e. The molecule has 0 heterocycles. The maximum Gasteiger partial charge on any atom is 0.258 e. The zero-order valence-electron chi connectivity index (χ0n) is 10.5. The number of para-hydroxylation sites is 1. The monoisotopic (exact) mass is 312 g/mol. The minimum Gasteiger partial charge on any atom is -0.321 e. The van der Waals surface area contributed by atoms with Crippen LogP contribution in [0.4, 0.5) is 14.5 Å². The van der Waals surface area contributed by atoms with Crippen molar-refractivity contribution >= 4 is 21.6 Å². The average molecular weight is 312 g/mol. The number of benzene rings is 2. The molecule has 0 saturated heterocycles. The Bertz CT molecular complexity index is 807. The highest BCUT2D eigenvalue weighted by Crippen LogP contribution is 2.21. The van der Waals surface area contributed by atoms with Gasteiger partial charge in [0.2, 0.25) is 10.0 Å². The molecule has 1 amide bonds. The Hall–Kier alpha value is -2.32. The molecule has 8 heteroatoms. The van der Waals surface area contributed by atoms with Crippen LogP contribution in [0.3, 0.4) is 0 Å². The third kappa shape index (κ3) is 3.23. The number of rotatable bonds is 3. The second kappa shape index (κ2) is 5.58. The van der Waals surface area contributed by atoms with Gasteiger partial charge < -0.3 is 5.32 Å². The molecule has 0 aromatic heterocycles. The van der Waals surface area contributed by atoms with Crippen LogP contribution in [-0.4, -0.2) is 14.3 Å². The lowest BCUT2D eigenvalue weighted by molar-refractivity contribution is 0.102. The standard InChI is InChI=1S/C13H10F2N2O3S/c14-9-5-3-4-8(12(9)15)13(18)17-10-6-1-2-7-11(10)21(16,19)20/h1-7H,(H,17,18)(H2,16,19,20). The normalized spacial score (nSPS) is 11.2. The summed E-state index contributed by atoms with van der Waals surface area (Å²) in [5.74, 6) is -3.48. The van der Waals surface area contributed by atoms with Gasteiger partial charge in [-0.1, -0.05) is 18.2 Å². The Labute approximate surface area is 119 Å². The Morgan fingerprint density at radius 3 is 2.38 bits per heavy atom. The van der Waals surface area contributed by atoms with Gasteiger partial charge in [-0.05, 0) is 24.3 Å². The van der Waals surface area contributed by atoms with Gasteiger partial charge in [0.1, 0.15) is 4.90 Å². The molecular formula is C13H10F2N2O3S. The Balaban J connectivity index is 2.40. The van der Waals surface area contributed by atoms with Crippen molar-refractivity contribution in [1.82, 2.24) is 0 Å². The minimum atomic E-state index is -4.06. The van der Waals surface area contributed by atoms with Crippen molar-refractivity contribution in [3.05, 3.63) is 59.7 Å². The van der Waals surface area contributed by atoms with E-state index in [1.165, 1.54) is 30.3 Å². The number of halogens is 2. The highest BCUT2D eigenvalue weighted by Gasteiger charge is 2.19. The summed E-state index contributed by atoms with van der Waals surface area (Å²) < 4.78 is 49.4. The summed E-state index contributed by atoms with van der Waals surface area (Å²) in [6.07, 6.45) is 0. The average Bonchev–Trinajstić information content (AvgIpc) is 2.41. The van der Waals surface area contributed by atoms with Crippen LogP contribution >= 0.6 is 0 Å². The summed E-state index contributed by atoms with van der Waals surface area (Å²) in [6.45, 7) is 0. The molecule has 2 aromatic rings. The molecule has 0 aliphatic carbocycles. The second-order valence-corrected chi connectivity index (χ2v) is 5.63. The lowest BCUT2D eigenvalue weighted by atomic mass is 10.2. The van der Waals surface area contributed by atoms with Crippen LogP contribution in [-0.2, 0) is 10.0 Å². The third-order valence-electron chi connectivity index (χ3n) is 2.64. The first-order chi connectivity index (χ1) is 9.80. The predicted octanol–water partition coefficient (Wildman–Crippen LogP) is 1.86. The Morgan fingerprint density at radius 2 is 1.71 bits per heavy atom. The van der Waals surface area contributed by atoms with E-state index in [2.05, 4.69) is 5.32 Å². The maximum atomic E-state index is 13.5. The fraction of sp³-hybridized carbons (Fsp3) is 0. The number of sulfonamides is 1. The summed E-state index contributed by atoms with van der Waals surface area (Å²) in [5.41, 5.74) is -0.659. The lowest BCUT2D eigenvalue weighted by Gasteiger charge is -2.10. The fourth-order valence-electron chi connectivity index (χ4n) is 1.69. The van der Waals surface area contributed by atoms with E-state index < -0.39 is 33.1 Å². The molecule has 0 bridgehead atoms. The number of hydrogen-bond acceptors (Lipinski definition) is 3. The first kappa shape index (κ1) is 15.1. The van der Waals surface area contributed by atoms with Gasteiger partial charge in [-0.15, -0.1) is 0 Å². The van der Waals surface area contributed by atoms with Crippen LogP contribution in [0.1, 0.15) is 10.4 Å². The van der Waals surface area contributed by atoms with Gasteiger partial charge in [-0.25, -0.2) is 22.3 Å². The first-order valence-corrected chi connectivity index (χ1v) is 7.22. The molecule has 0 unspecified atom stereocenters. The minimum absolute atomic E-state index is 0.117. The van der Waals surface area contributed by atoms with Gasteiger partial charge >= 0.3 is 0 Å². The summed E-state index contributed by atoms with van der Waals surface area (Å²) >= 11 is 0. The van der Waals surface area contributed by atoms with Crippen LogP contribution in [0.25, 0.3) is 0 Å². The Morgan fingerprint density at radius 1 is 1.05 bits per heavy atom. The van der Waals surface area contributed by atoms with E-state index in [1.54, 1.807) is 0 Å². The van der Waals surface area contributed by atoms with Gasteiger partial charge in [0.15, 0.2) is 11.6 Å². The molecular weight excluding hydrogens is 302 g/mol. The number of carbonyl (C=O) groups excluding carboxylic acids is 1. The highest BCUT2D eigenvalue weighted by atomic mass is 32.2. The summed E-state index contributed by atoms with van der Waals surface area (Å²) in [7, 11) is -4.06. The number of amides is 1. The molecule has 0 aliphatic heterocycles. The van der Waals surface area contributed by atoms with Crippen molar-refractivity contribution in [3.63, 3.8) is 0 Å². The quantitative estimate of drug-likeness (QED) is 0.906. The molecule has 0 aliphatic rings. The first-order valence-electron chi connectivity index (χ1n) is 5.68. The predicted molar refractivity (Wildman–Crippen MR) is 72.1 cm³/mol.